The van der Waals surface area contributed by atoms with E-state index in [-0.39, 0.29) is 12.2 Å². The Bertz CT molecular complexity index is 449. The number of rotatable bonds is 5. The van der Waals surface area contributed by atoms with Gasteiger partial charge >= 0.3 is 5.97 Å². The topological polar surface area (TPSA) is 84.3 Å². The zero-order valence-corrected chi connectivity index (χ0v) is 9.77. The van der Waals surface area contributed by atoms with Crippen molar-refractivity contribution in [1.82, 2.24) is 4.98 Å². The third-order valence-corrected chi connectivity index (χ3v) is 3.46. The number of thiazole rings is 1. The molecule has 0 aromatic carbocycles. The van der Waals surface area contributed by atoms with Crippen molar-refractivity contribution in [2.24, 2.45) is 0 Å². The fraction of sp³-hybridized carbons (Fsp3) is 0.500. The Hall–Kier alpha value is -0.950. The van der Waals surface area contributed by atoms with E-state index in [0.717, 1.165) is 6.26 Å². The van der Waals surface area contributed by atoms with Crippen molar-refractivity contribution in [1.29, 1.82) is 0 Å². The van der Waals surface area contributed by atoms with Gasteiger partial charge in [0.1, 0.15) is 10.8 Å². The average molecular weight is 249 g/mol. The number of nitrogens with zero attached hydrogens (tertiary/aromatic N) is 1. The minimum absolute atomic E-state index is 0.0159. The molecule has 5 nitrogen and oxygen atoms in total. The quantitative estimate of drug-likeness (QED) is 0.830. The molecule has 0 aliphatic rings. The molecule has 0 bridgehead atoms. The number of aromatic nitrogens is 1. The van der Waals surface area contributed by atoms with Crippen molar-refractivity contribution < 1.29 is 18.3 Å². The van der Waals surface area contributed by atoms with Crippen molar-refractivity contribution in [3.05, 3.63) is 16.1 Å². The summed E-state index contributed by atoms with van der Waals surface area (Å²) in [6.45, 7) is 0. The highest BCUT2D eigenvalue weighted by Gasteiger charge is 2.09. The fourth-order valence-electron chi connectivity index (χ4n) is 0.989. The summed E-state index contributed by atoms with van der Waals surface area (Å²) >= 11 is 1.24. The van der Waals surface area contributed by atoms with Gasteiger partial charge in [0.05, 0.1) is 12.1 Å². The van der Waals surface area contributed by atoms with Gasteiger partial charge in [-0.2, -0.15) is 0 Å². The van der Waals surface area contributed by atoms with E-state index in [2.05, 4.69) is 4.98 Å². The second-order valence-corrected chi connectivity index (χ2v) is 6.28. The third-order valence-electron chi connectivity index (χ3n) is 1.58. The van der Waals surface area contributed by atoms with Crippen LogP contribution in [0.15, 0.2) is 5.38 Å². The van der Waals surface area contributed by atoms with Crippen LogP contribution in [0.5, 0.6) is 0 Å². The van der Waals surface area contributed by atoms with Gasteiger partial charge in [-0.3, -0.25) is 4.79 Å². The summed E-state index contributed by atoms with van der Waals surface area (Å²) < 4.78 is 21.9. The van der Waals surface area contributed by atoms with E-state index in [1.54, 1.807) is 5.38 Å². The monoisotopic (exact) mass is 249 g/mol. The molecule has 1 heterocycles. The second kappa shape index (κ2) is 4.71. The van der Waals surface area contributed by atoms with E-state index in [9.17, 15) is 13.2 Å². The van der Waals surface area contributed by atoms with E-state index >= 15 is 0 Å². The van der Waals surface area contributed by atoms with E-state index in [4.69, 9.17) is 5.11 Å². The van der Waals surface area contributed by atoms with Crippen LogP contribution in [-0.4, -0.2) is 30.7 Å². The summed E-state index contributed by atoms with van der Waals surface area (Å²) in [4.78, 5) is 14.3. The first-order valence-electron chi connectivity index (χ1n) is 4.19. The molecule has 0 unspecified atom stereocenters. The number of sulfone groups is 1. The predicted molar refractivity (Wildman–Crippen MR) is 56.6 cm³/mol. The van der Waals surface area contributed by atoms with Crippen LogP contribution < -0.4 is 0 Å². The molecule has 0 radical (unpaired) electrons. The van der Waals surface area contributed by atoms with Crippen molar-refractivity contribution >= 4 is 27.1 Å². The van der Waals surface area contributed by atoms with Gasteiger partial charge in [0.15, 0.2) is 9.84 Å². The van der Waals surface area contributed by atoms with E-state index in [1.807, 2.05) is 0 Å². The zero-order chi connectivity index (χ0) is 11.5. The average Bonchev–Trinajstić information content (AvgIpc) is 2.45. The molecule has 1 aromatic rings. The Balaban J connectivity index is 2.60. The van der Waals surface area contributed by atoms with Crippen molar-refractivity contribution in [2.45, 2.75) is 18.6 Å². The molecule has 0 amide bonds. The zero-order valence-electron chi connectivity index (χ0n) is 8.13. The van der Waals surface area contributed by atoms with E-state index < -0.39 is 15.8 Å². The Morgan fingerprint density at radius 3 is 2.80 bits per heavy atom. The van der Waals surface area contributed by atoms with Crippen LogP contribution in [0.3, 0.4) is 0 Å². The maximum atomic E-state index is 10.9. The molecule has 1 rings (SSSR count). The van der Waals surface area contributed by atoms with Crippen LogP contribution in [0.1, 0.15) is 17.1 Å². The molecule has 0 aliphatic carbocycles. The molecule has 0 atom stereocenters. The summed E-state index contributed by atoms with van der Waals surface area (Å²) in [5.41, 5.74) is 0.640. The molecule has 1 aromatic heterocycles. The molecule has 84 valence electrons. The largest absolute Gasteiger partial charge is 0.481 e. The lowest BCUT2D eigenvalue weighted by atomic mass is 10.2. The SMILES string of the molecule is CS(=O)(=O)Cc1nc(CCC(=O)O)cs1. The minimum Gasteiger partial charge on any atom is -0.481 e. The van der Waals surface area contributed by atoms with Crippen LogP contribution in [0, 0.1) is 0 Å². The molecule has 0 spiro atoms. The van der Waals surface area contributed by atoms with Gasteiger partial charge in [-0.25, -0.2) is 13.4 Å². The first kappa shape index (κ1) is 12.1. The normalized spacial score (nSPS) is 11.5. The standard InChI is InChI=1S/C8H11NO4S2/c1-15(12,13)5-7-9-6(4-14-7)2-3-8(10)11/h4H,2-3,5H2,1H3,(H,10,11). The van der Waals surface area contributed by atoms with Crippen LogP contribution in [0.25, 0.3) is 0 Å². The lowest BCUT2D eigenvalue weighted by molar-refractivity contribution is -0.136. The first-order chi connectivity index (χ1) is 6.87. The number of hydrogen-bond donors (Lipinski definition) is 1. The lowest BCUT2D eigenvalue weighted by Gasteiger charge is -1.92. The van der Waals surface area contributed by atoms with Crippen LogP contribution >= 0.6 is 11.3 Å². The van der Waals surface area contributed by atoms with Gasteiger partial charge in [-0.1, -0.05) is 0 Å². The Morgan fingerprint density at radius 1 is 1.60 bits per heavy atom. The molecule has 0 saturated heterocycles. The van der Waals surface area contributed by atoms with Crippen molar-refractivity contribution in [2.75, 3.05) is 6.26 Å². The van der Waals surface area contributed by atoms with E-state index in [1.165, 1.54) is 11.3 Å². The summed E-state index contributed by atoms with van der Waals surface area (Å²) in [6, 6.07) is 0. The van der Waals surface area contributed by atoms with Crippen LogP contribution in [0.4, 0.5) is 0 Å². The molecule has 0 saturated carbocycles. The smallest absolute Gasteiger partial charge is 0.303 e. The second-order valence-electron chi connectivity index (χ2n) is 3.20. The maximum Gasteiger partial charge on any atom is 0.303 e. The summed E-state index contributed by atoms with van der Waals surface area (Å²) in [5.74, 6) is -0.960. The highest BCUT2D eigenvalue weighted by molar-refractivity contribution is 7.90. The Kier molecular flexibility index (Phi) is 3.81. The van der Waals surface area contributed by atoms with Gasteiger partial charge in [0.25, 0.3) is 0 Å². The fourth-order valence-corrected chi connectivity index (χ4v) is 3.03. The highest BCUT2D eigenvalue weighted by Crippen LogP contribution is 2.13. The van der Waals surface area contributed by atoms with Gasteiger partial charge in [-0.15, -0.1) is 11.3 Å². The number of carbonyl (C=O) groups is 1. The number of hydrogen-bond acceptors (Lipinski definition) is 5. The highest BCUT2D eigenvalue weighted by atomic mass is 32.2. The van der Waals surface area contributed by atoms with Crippen molar-refractivity contribution in [3.63, 3.8) is 0 Å². The number of aliphatic carboxylic acids is 1. The van der Waals surface area contributed by atoms with E-state index in [0.29, 0.717) is 17.1 Å². The van der Waals surface area contributed by atoms with Gasteiger partial charge in [-0.05, 0) is 0 Å². The lowest BCUT2D eigenvalue weighted by Crippen LogP contribution is -2.01. The predicted octanol–water partition coefficient (Wildman–Crippen LogP) is 0.705. The number of carboxylic acid groups (broad SMARTS) is 1. The molecule has 0 aliphatic heterocycles. The molecule has 0 fully saturated rings. The summed E-state index contributed by atoms with van der Waals surface area (Å²) in [6.07, 6.45) is 1.50. The Labute approximate surface area is 91.7 Å². The number of aryl methyl sites for hydroxylation is 1. The molecule has 7 heteroatoms. The Morgan fingerprint density at radius 2 is 2.27 bits per heavy atom. The minimum atomic E-state index is -3.06. The van der Waals surface area contributed by atoms with Crippen LogP contribution in [-0.2, 0) is 26.8 Å². The molecular formula is C8H11NO4S2. The molecular weight excluding hydrogens is 238 g/mol. The van der Waals surface area contributed by atoms with Crippen molar-refractivity contribution in [3.8, 4) is 0 Å². The molecule has 15 heavy (non-hydrogen) atoms. The first-order valence-corrected chi connectivity index (χ1v) is 7.13. The summed E-state index contributed by atoms with van der Waals surface area (Å²) in [7, 11) is -3.06. The van der Waals surface area contributed by atoms with Gasteiger partial charge in [0, 0.05) is 18.1 Å². The molecule has 1 N–H and O–H groups in total. The van der Waals surface area contributed by atoms with Gasteiger partial charge in [0.2, 0.25) is 0 Å². The van der Waals surface area contributed by atoms with Gasteiger partial charge < -0.3 is 5.11 Å². The summed E-state index contributed by atoms with van der Waals surface area (Å²) in [5, 5.41) is 10.7. The third kappa shape index (κ3) is 4.89. The van der Waals surface area contributed by atoms with Crippen LogP contribution in [0.2, 0.25) is 0 Å². The maximum absolute atomic E-state index is 10.9. The number of carboxylic acids is 1.